The molecule has 0 aromatic heterocycles. The van der Waals surface area contributed by atoms with E-state index in [9.17, 15) is 4.79 Å². The van der Waals surface area contributed by atoms with Gasteiger partial charge in [-0.15, -0.1) is 0 Å². The van der Waals surface area contributed by atoms with E-state index >= 15 is 0 Å². The third-order valence-electron chi connectivity index (χ3n) is 11.4. The number of rotatable bonds is 8. The van der Waals surface area contributed by atoms with Crippen LogP contribution in [0.25, 0.3) is 0 Å². The minimum atomic E-state index is -0.606. The van der Waals surface area contributed by atoms with Gasteiger partial charge in [0, 0.05) is 42.0 Å². The molecule has 7 nitrogen and oxygen atoms in total. The molecule has 7 heteroatoms. The van der Waals surface area contributed by atoms with E-state index in [2.05, 4.69) is 17.0 Å². The van der Waals surface area contributed by atoms with Gasteiger partial charge >= 0.3 is 5.97 Å². The van der Waals surface area contributed by atoms with Gasteiger partial charge in [-0.3, -0.25) is 9.69 Å². The van der Waals surface area contributed by atoms with Crippen LogP contribution in [-0.2, 0) is 26.1 Å². The highest BCUT2D eigenvalue weighted by molar-refractivity contribution is 5.75. The molecule has 1 aromatic rings. The van der Waals surface area contributed by atoms with E-state index in [-0.39, 0.29) is 34.7 Å². The molecule has 0 amide bonds. The van der Waals surface area contributed by atoms with Crippen molar-refractivity contribution in [3.63, 3.8) is 0 Å². The maximum atomic E-state index is 12.8. The number of esters is 1. The number of carbonyl (C=O) groups is 1. The van der Waals surface area contributed by atoms with E-state index in [0.717, 1.165) is 56.1 Å². The molecule has 4 saturated carbocycles. The van der Waals surface area contributed by atoms with Crippen molar-refractivity contribution in [2.75, 3.05) is 33.9 Å². The Kier molecular flexibility index (Phi) is 5.30. The second-order valence-electron chi connectivity index (χ2n) is 13.1. The van der Waals surface area contributed by atoms with Crippen LogP contribution in [0.1, 0.15) is 63.5 Å². The number of fused-ring (bicyclic) bond motifs is 2. The summed E-state index contributed by atoms with van der Waals surface area (Å²) >= 11 is 0. The molecule has 2 N–H and O–H groups in total. The molecule has 5 aliphatic carbocycles. The van der Waals surface area contributed by atoms with Gasteiger partial charge in [0.05, 0.1) is 13.7 Å². The number of nitrogens with two attached hydrogens (primary N) is 1. The van der Waals surface area contributed by atoms with E-state index in [1.807, 2.05) is 21.0 Å². The minimum Gasteiger partial charge on any atom is -0.493 e. The predicted molar refractivity (Wildman–Crippen MR) is 139 cm³/mol. The summed E-state index contributed by atoms with van der Waals surface area (Å²) in [4.78, 5) is 15.6. The van der Waals surface area contributed by atoms with Gasteiger partial charge in [-0.1, -0.05) is 19.9 Å². The van der Waals surface area contributed by atoms with E-state index in [1.54, 1.807) is 7.11 Å². The van der Waals surface area contributed by atoms with Crippen molar-refractivity contribution in [3.05, 3.63) is 23.3 Å². The molecule has 0 radical (unpaired) electrons. The van der Waals surface area contributed by atoms with Crippen LogP contribution >= 0.6 is 0 Å². The zero-order valence-corrected chi connectivity index (χ0v) is 22.8. The summed E-state index contributed by atoms with van der Waals surface area (Å²) in [7, 11) is 3.57. The fraction of sp³-hybridized carbons (Fsp3) is 0.767. The number of carbonyl (C=O) groups excluding carboxylic acids is 1. The molecule has 2 spiro atoms. The molecule has 1 saturated heterocycles. The lowest BCUT2D eigenvalue weighted by molar-refractivity contribution is -0.282. The molecular weight excluding hydrogens is 468 g/mol. The quantitative estimate of drug-likeness (QED) is 0.537. The molecule has 0 unspecified atom stereocenters. The summed E-state index contributed by atoms with van der Waals surface area (Å²) in [5, 5.41) is 0. The number of methoxy groups -OCH3 is 2. The molecule has 202 valence electrons. The van der Waals surface area contributed by atoms with Crippen molar-refractivity contribution in [1.82, 2.24) is 4.90 Å². The molecule has 5 fully saturated rings. The van der Waals surface area contributed by atoms with Gasteiger partial charge in [-0.2, -0.15) is 0 Å². The third kappa shape index (κ3) is 2.97. The van der Waals surface area contributed by atoms with Crippen molar-refractivity contribution in [1.29, 1.82) is 0 Å². The van der Waals surface area contributed by atoms with E-state index in [1.165, 1.54) is 30.5 Å². The Balaban J connectivity index is 1.33. The van der Waals surface area contributed by atoms with Gasteiger partial charge in [-0.25, -0.2) is 0 Å². The third-order valence-corrected chi connectivity index (χ3v) is 11.4. The smallest absolute Gasteiger partial charge is 0.323 e. The van der Waals surface area contributed by atoms with Crippen molar-refractivity contribution in [2.45, 2.75) is 88.0 Å². The lowest BCUT2D eigenvalue weighted by atomic mass is 9.35. The normalized spacial score (nSPS) is 39.8. The number of benzene rings is 1. The first-order valence-electron chi connectivity index (χ1n) is 14.4. The van der Waals surface area contributed by atoms with E-state index < -0.39 is 11.6 Å². The van der Waals surface area contributed by atoms with Gasteiger partial charge < -0.3 is 24.7 Å². The Bertz CT molecular complexity index is 1120. The zero-order chi connectivity index (χ0) is 25.7. The lowest BCUT2D eigenvalue weighted by Gasteiger charge is -2.73. The number of nitrogens with zero attached hydrogens (tertiary/aromatic N) is 1. The highest BCUT2D eigenvalue weighted by Gasteiger charge is 2.80. The second kappa shape index (κ2) is 8.09. The standard InChI is InChI=1S/C30H42N2O5/c1-17(2)24(31)26(33)36-16-20-14-28-9-10-30(20,35-4)27-29(28)11-12-32(15-18-5-6-18)22(28)13-19-7-8-21(34-3)25(37-27)23(19)29/h7-8,17-18,20,22,24,27H,5-6,9-16,31H2,1-4H3/t20-,22-,24+,27-,28-,29+,30-/m1/s1. The van der Waals surface area contributed by atoms with Crippen LogP contribution in [-0.4, -0.2) is 68.6 Å². The molecule has 1 aromatic carbocycles. The molecule has 7 atom stereocenters. The largest absolute Gasteiger partial charge is 0.493 e. The van der Waals surface area contributed by atoms with Gasteiger partial charge in [0.2, 0.25) is 0 Å². The zero-order valence-electron chi connectivity index (χ0n) is 22.8. The fourth-order valence-corrected chi connectivity index (χ4v) is 9.45. The van der Waals surface area contributed by atoms with Crippen LogP contribution in [0.5, 0.6) is 11.5 Å². The summed E-state index contributed by atoms with van der Waals surface area (Å²) in [6.07, 6.45) is 7.81. The molecule has 8 rings (SSSR count). The van der Waals surface area contributed by atoms with Gasteiger partial charge in [0.25, 0.3) is 0 Å². The SMILES string of the molecule is COc1ccc2c3c1O[C@H]1[C@@]4(OC)CC[C@@]5(C[C@@H]4COC(=O)[C@@H](N)C(C)C)[C@@H](C2)N(CC2CC2)CC[C@]315. The Morgan fingerprint density at radius 3 is 2.73 bits per heavy atom. The maximum absolute atomic E-state index is 12.8. The van der Waals surface area contributed by atoms with Crippen molar-refractivity contribution in [2.24, 2.45) is 28.9 Å². The first-order chi connectivity index (χ1) is 17.8. The van der Waals surface area contributed by atoms with Crippen LogP contribution < -0.4 is 15.2 Å². The van der Waals surface area contributed by atoms with Crippen LogP contribution in [0.2, 0.25) is 0 Å². The number of likely N-dealkylation sites (tertiary alicyclic amines) is 1. The maximum Gasteiger partial charge on any atom is 0.323 e. The lowest BCUT2D eigenvalue weighted by Crippen LogP contribution is -2.81. The predicted octanol–water partition coefficient (Wildman–Crippen LogP) is 3.45. The first-order valence-corrected chi connectivity index (χ1v) is 14.4. The second-order valence-corrected chi connectivity index (χ2v) is 13.1. The first kappa shape index (κ1) is 24.2. The molecule has 7 aliphatic rings. The van der Waals surface area contributed by atoms with Crippen LogP contribution in [0.3, 0.4) is 0 Å². The van der Waals surface area contributed by atoms with Crippen molar-refractivity contribution < 1.29 is 23.7 Å². The summed E-state index contributed by atoms with van der Waals surface area (Å²) in [6.45, 7) is 6.58. The van der Waals surface area contributed by atoms with E-state index in [0.29, 0.717) is 12.6 Å². The van der Waals surface area contributed by atoms with Gasteiger partial charge in [-0.05, 0) is 75.0 Å². The van der Waals surface area contributed by atoms with Gasteiger partial charge in [0.1, 0.15) is 17.7 Å². The molecule has 2 heterocycles. The monoisotopic (exact) mass is 510 g/mol. The number of piperidine rings is 1. The summed E-state index contributed by atoms with van der Waals surface area (Å²) in [5.41, 5.74) is 8.46. The van der Waals surface area contributed by atoms with E-state index in [4.69, 9.17) is 24.7 Å². The highest BCUT2D eigenvalue weighted by atomic mass is 16.6. The Morgan fingerprint density at radius 2 is 2.03 bits per heavy atom. The Morgan fingerprint density at radius 1 is 1.22 bits per heavy atom. The highest BCUT2D eigenvalue weighted by Crippen LogP contribution is 2.76. The number of ether oxygens (including phenoxy) is 4. The summed E-state index contributed by atoms with van der Waals surface area (Å²) < 4.78 is 25.4. The molecular formula is C30H42N2O5. The summed E-state index contributed by atoms with van der Waals surface area (Å²) in [5.74, 6) is 2.42. The minimum absolute atomic E-state index is 0.0424. The van der Waals surface area contributed by atoms with Crippen molar-refractivity contribution >= 4 is 5.97 Å². The average Bonchev–Trinajstić information content (AvgIpc) is 3.65. The van der Waals surface area contributed by atoms with Crippen molar-refractivity contribution in [3.8, 4) is 11.5 Å². The molecule has 4 bridgehead atoms. The number of hydrogen-bond donors (Lipinski definition) is 1. The molecule has 2 aliphatic heterocycles. The topological polar surface area (TPSA) is 83.2 Å². The van der Waals surface area contributed by atoms with Gasteiger partial charge in [0.15, 0.2) is 11.5 Å². The van der Waals surface area contributed by atoms with Crippen LogP contribution in [0, 0.1) is 23.2 Å². The summed E-state index contributed by atoms with van der Waals surface area (Å²) in [6, 6.07) is 4.26. The Labute approximate surface area is 220 Å². The fourth-order valence-electron chi connectivity index (χ4n) is 9.45. The Hall–Kier alpha value is -1.83. The average molecular weight is 511 g/mol. The van der Waals surface area contributed by atoms with Crippen LogP contribution in [0.15, 0.2) is 12.1 Å². The number of hydrogen-bond acceptors (Lipinski definition) is 7. The molecule has 37 heavy (non-hydrogen) atoms. The van der Waals surface area contributed by atoms with Crippen LogP contribution in [0.4, 0.5) is 0 Å².